The zero-order chi connectivity index (χ0) is 51.8. The van der Waals surface area contributed by atoms with Crippen LogP contribution in [0, 0.1) is 0 Å². The summed E-state index contributed by atoms with van der Waals surface area (Å²) in [6, 6.07) is 8.92. The number of hydrogen-bond acceptors (Lipinski definition) is 15. The summed E-state index contributed by atoms with van der Waals surface area (Å²) in [6.07, 6.45) is -1.26. The van der Waals surface area contributed by atoms with E-state index in [1.54, 1.807) is 86.6 Å². The number of benzene rings is 1. The third-order valence-corrected chi connectivity index (χ3v) is 8.54. The standard InChI is InChI=1S/C47H79N7O15/c1-44(2,3)67-41(60)51-24-13-21-48-36(55)18-27-63-32-47(54-39(58)30-40(59)66-31-35-16-11-10-12-17-35,33-64-28-19-37(56)49-22-14-25-52-42(61)68-45(4,5)6)34-65-29-20-38(57)50-23-15-26-53-43(62)69-46(7,8)9/h10-12,16-17H,13-15,18-34H2,1-9H3,(H,48,55)(H,49,56)(H,50,57)(H,51,60)(H,52,61)(H,53,62)(H,54,58). The SMILES string of the molecule is CC(C)(C)OC(=O)NCCCNC(=O)CCOCC(COCCC(=O)NCCCNC(=O)OC(C)(C)C)(COCCC(=O)NCCCNC(=O)OC(C)(C)C)NC(=O)CC(=O)OCc1ccccc1. The second-order valence-electron chi connectivity index (χ2n) is 19.0. The Morgan fingerprint density at radius 2 is 0.783 bits per heavy atom. The molecule has 7 N–H and O–H groups in total. The molecule has 0 heterocycles. The maximum Gasteiger partial charge on any atom is 0.407 e. The monoisotopic (exact) mass is 982 g/mol. The molecular weight excluding hydrogens is 903 g/mol. The molecule has 0 saturated carbocycles. The van der Waals surface area contributed by atoms with Crippen LogP contribution in [0.3, 0.4) is 0 Å². The van der Waals surface area contributed by atoms with Crippen LogP contribution in [-0.4, -0.2) is 149 Å². The minimum Gasteiger partial charge on any atom is -0.460 e. The summed E-state index contributed by atoms with van der Waals surface area (Å²) in [5.41, 5.74) is -2.70. The van der Waals surface area contributed by atoms with Gasteiger partial charge < -0.3 is 70.4 Å². The molecule has 0 atom stereocenters. The van der Waals surface area contributed by atoms with Gasteiger partial charge in [-0.1, -0.05) is 30.3 Å². The lowest BCUT2D eigenvalue weighted by Crippen LogP contribution is -2.59. The van der Waals surface area contributed by atoms with Crippen molar-refractivity contribution in [3.8, 4) is 0 Å². The molecule has 1 aromatic rings. The molecule has 0 saturated heterocycles. The number of hydrogen-bond donors (Lipinski definition) is 7. The number of nitrogens with one attached hydrogen (secondary N) is 7. The van der Waals surface area contributed by atoms with Gasteiger partial charge in [0.05, 0.1) is 39.6 Å². The highest BCUT2D eigenvalue weighted by Gasteiger charge is 2.35. The maximum atomic E-state index is 13.5. The Bertz CT molecular complexity index is 1590. The smallest absolute Gasteiger partial charge is 0.407 e. The fourth-order valence-corrected chi connectivity index (χ4v) is 5.52. The largest absolute Gasteiger partial charge is 0.460 e. The van der Waals surface area contributed by atoms with E-state index in [1.165, 1.54) is 0 Å². The average Bonchev–Trinajstić information content (AvgIpc) is 3.22. The van der Waals surface area contributed by atoms with Crippen molar-refractivity contribution < 1.29 is 71.5 Å². The van der Waals surface area contributed by atoms with Crippen LogP contribution in [0.2, 0.25) is 0 Å². The highest BCUT2D eigenvalue weighted by Crippen LogP contribution is 2.13. The van der Waals surface area contributed by atoms with E-state index >= 15 is 0 Å². The summed E-state index contributed by atoms with van der Waals surface area (Å²) >= 11 is 0. The lowest BCUT2D eigenvalue weighted by Gasteiger charge is -2.34. The van der Waals surface area contributed by atoms with Crippen molar-refractivity contribution in [2.45, 2.75) is 136 Å². The molecule has 392 valence electrons. The maximum absolute atomic E-state index is 13.5. The molecule has 0 aliphatic heterocycles. The molecule has 22 heteroatoms. The molecule has 22 nitrogen and oxygen atoms in total. The molecule has 1 aromatic carbocycles. The first-order valence-corrected chi connectivity index (χ1v) is 23.3. The third kappa shape index (κ3) is 36.0. The summed E-state index contributed by atoms with van der Waals surface area (Å²) in [4.78, 5) is 99.8. The first kappa shape index (κ1) is 61.3. The molecule has 0 aliphatic rings. The van der Waals surface area contributed by atoms with E-state index in [2.05, 4.69) is 37.2 Å². The zero-order valence-electron chi connectivity index (χ0n) is 42.2. The van der Waals surface area contributed by atoms with Gasteiger partial charge in [-0.3, -0.25) is 24.0 Å². The van der Waals surface area contributed by atoms with Crippen LogP contribution in [0.15, 0.2) is 30.3 Å². The van der Waals surface area contributed by atoms with Crippen LogP contribution in [0.1, 0.15) is 113 Å². The zero-order valence-corrected chi connectivity index (χ0v) is 42.2. The molecule has 0 aromatic heterocycles. The van der Waals surface area contributed by atoms with Crippen LogP contribution >= 0.6 is 0 Å². The van der Waals surface area contributed by atoms with Gasteiger partial charge in [0.25, 0.3) is 0 Å². The Morgan fingerprint density at radius 1 is 0.449 bits per heavy atom. The van der Waals surface area contributed by atoms with Gasteiger partial charge in [0.2, 0.25) is 23.6 Å². The summed E-state index contributed by atoms with van der Waals surface area (Å²) in [5.74, 6) is -2.57. The van der Waals surface area contributed by atoms with Crippen molar-refractivity contribution in [2.24, 2.45) is 0 Å². The van der Waals surface area contributed by atoms with E-state index in [1.807, 2.05) is 6.07 Å². The normalized spacial score (nSPS) is 11.6. The number of amides is 7. The van der Waals surface area contributed by atoms with Crippen molar-refractivity contribution in [1.29, 1.82) is 0 Å². The van der Waals surface area contributed by atoms with E-state index in [0.29, 0.717) is 19.3 Å². The van der Waals surface area contributed by atoms with Crippen LogP contribution in [-0.2, 0) is 63.7 Å². The third-order valence-electron chi connectivity index (χ3n) is 8.54. The predicted molar refractivity (Wildman–Crippen MR) is 254 cm³/mol. The Labute approximate surface area is 406 Å². The van der Waals surface area contributed by atoms with Crippen molar-refractivity contribution in [3.05, 3.63) is 35.9 Å². The van der Waals surface area contributed by atoms with E-state index in [4.69, 9.17) is 33.2 Å². The number of ether oxygens (including phenoxy) is 7. The Kier molecular flexibility index (Phi) is 29.2. The van der Waals surface area contributed by atoms with Gasteiger partial charge in [0.1, 0.15) is 35.4 Å². The number of rotatable bonds is 32. The van der Waals surface area contributed by atoms with E-state index in [0.717, 1.165) is 5.56 Å². The second kappa shape index (κ2) is 32.9. The van der Waals surface area contributed by atoms with E-state index in [-0.39, 0.29) is 123 Å². The van der Waals surface area contributed by atoms with Gasteiger partial charge in [-0.2, -0.15) is 0 Å². The summed E-state index contributed by atoms with van der Waals surface area (Å²) in [6.45, 7) is 16.2. The van der Waals surface area contributed by atoms with Gasteiger partial charge in [-0.15, -0.1) is 0 Å². The van der Waals surface area contributed by atoms with Crippen molar-refractivity contribution >= 4 is 47.9 Å². The highest BCUT2D eigenvalue weighted by molar-refractivity contribution is 5.94. The molecule has 0 radical (unpaired) electrons. The number of carbonyl (C=O) groups is 8. The van der Waals surface area contributed by atoms with Gasteiger partial charge in [-0.25, -0.2) is 14.4 Å². The second-order valence-corrected chi connectivity index (χ2v) is 19.0. The number of carbonyl (C=O) groups excluding carboxylic acids is 8. The molecule has 1 rings (SSSR count). The van der Waals surface area contributed by atoms with Crippen LogP contribution in [0.25, 0.3) is 0 Å². The summed E-state index contributed by atoms with van der Waals surface area (Å²) < 4.78 is 38.7. The van der Waals surface area contributed by atoms with Gasteiger partial charge in [-0.05, 0) is 87.1 Å². The Balaban J connectivity index is 2.97. The first-order chi connectivity index (χ1) is 32.4. The number of esters is 1. The topological polar surface area (TPSA) is 285 Å². The molecule has 0 spiro atoms. The quantitative estimate of drug-likeness (QED) is 0.0236. The summed E-state index contributed by atoms with van der Waals surface area (Å²) in [7, 11) is 0. The van der Waals surface area contributed by atoms with E-state index < -0.39 is 58.9 Å². The minimum absolute atomic E-state index is 0.0552. The number of alkyl carbamates (subject to hydrolysis) is 3. The molecule has 7 amide bonds. The van der Waals surface area contributed by atoms with Crippen LogP contribution in [0.5, 0.6) is 0 Å². The molecule has 69 heavy (non-hydrogen) atoms. The average molecular weight is 982 g/mol. The first-order valence-electron chi connectivity index (χ1n) is 23.3. The molecular formula is C47H79N7O15. The lowest BCUT2D eigenvalue weighted by molar-refractivity contribution is -0.149. The molecule has 0 unspecified atom stereocenters. The van der Waals surface area contributed by atoms with Crippen molar-refractivity contribution in [1.82, 2.24) is 37.2 Å². The molecule has 0 fully saturated rings. The Morgan fingerprint density at radius 3 is 1.12 bits per heavy atom. The molecule has 0 bridgehead atoms. The van der Waals surface area contributed by atoms with Crippen LogP contribution < -0.4 is 37.2 Å². The fourth-order valence-electron chi connectivity index (χ4n) is 5.52. The summed E-state index contributed by atoms with van der Waals surface area (Å²) in [5, 5.41) is 18.9. The van der Waals surface area contributed by atoms with Crippen molar-refractivity contribution in [3.63, 3.8) is 0 Å². The van der Waals surface area contributed by atoms with Gasteiger partial charge >= 0.3 is 24.2 Å². The lowest BCUT2D eigenvalue weighted by atomic mass is 10.0. The Hall–Kier alpha value is -5.74. The van der Waals surface area contributed by atoms with Gasteiger partial charge in [0, 0.05) is 58.5 Å². The van der Waals surface area contributed by atoms with Crippen LogP contribution in [0.4, 0.5) is 14.4 Å². The van der Waals surface area contributed by atoms with Crippen molar-refractivity contribution in [2.75, 3.05) is 78.9 Å². The predicted octanol–water partition coefficient (Wildman–Crippen LogP) is 3.29. The van der Waals surface area contributed by atoms with Gasteiger partial charge in [0.15, 0.2) is 0 Å². The fraction of sp³-hybridized carbons (Fsp3) is 0.702. The van der Waals surface area contributed by atoms with E-state index in [9.17, 15) is 38.4 Å². The molecule has 0 aliphatic carbocycles. The minimum atomic E-state index is -1.49. The highest BCUT2D eigenvalue weighted by atomic mass is 16.6.